The van der Waals surface area contributed by atoms with Gasteiger partial charge >= 0.3 is 5.97 Å². The van der Waals surface area contributed by atoms with Crippen molar-refractivity contribution in [2.24, 2.45) is 5.92 Å². The molecular weight excluding hydrogens is 440 g/mol. The van der Waals surface area contributed by atoms with E-state index in [-0.39, 0.29) is 27.3 Å². The number of thioether (sulfide) groups is 1. The zero-order valence-corrected chi connectivity index (χ0v) is 18.7. The summed E-state index contributed by atoms with van der Waals surface area (Å²) in [4.78, 5) is 36.7. The molecule has 1 aromatic heterocycles. The molecule has 2 heterocycles. The molecule has 1 fully saturated rings. The Labute approximate surface area is 188 Å². The van der Waals surface area contributed by atoms with Crippen LogP contribution < -0.4 is 0 Å². The Morgan fingerprint density at radius 1 is 1.35 bits per heavy atom. The third kappa shape index (κ3) is 4.86. The highest BCUT2D eigenvalue weighted by atomic mass is 32.2. The molecule has 1 amide bonds. The van der Waals surface area contributed by atoms with Crippen LogP contribution in [0.15, 0.2) is 39.7 Å². The molecule has 0 unspecified atom stereocenters. The lowest BCUT2D eigenvalue weighted by Crippen LogP contribution is -2.44. The number of carbonyl (C=O) groups is 2. The quantitative estimate of drug-likeness (QED) is 0.270. The number of aryl methyl sites for hydroxylation is 1. The maximum atomic E-state index is 12.9. The van der Waals surface area contributed by atoms with Crippen molar-refractivity contribution < 1.29 is 24.0 Å². The van der Waals surface area contributed by atoms with Gasteiger partial charge < -0.3 is 9.52 Å². The molecule has 0 saturated carbocycles. The van der Waals surface area contributed by atoms with E-state index in [2.05, 4.69) is 0 Å². The van der Waals surface area contributed by atoms with Gasteiger partial charge in [0.05, 0.1) is 9.83 Å². The second kappa shape index (κ2) is 9.03. The van der Waals surface area contributed by atoms with Crippen LogP contribution in [-0.4, -0.2) is 37.2 Å². The van der Waals surface area contributed by atoms with Gasteiger partial charge in [0.25, 0.3) is 11.6 Å². The van der Waals surface area contributed by atoms with Gasteiger partial charge in [-0.15, -0.1) is 0 Å². The van der Waals surface area contributed by atoms with Crippen LogP contribution in [0.5, 0.6) is 0 Å². The van der Waals surface area contributed by atoms with E-state index in [4.69, 9.17) is 16.6 Å². The Kier molecular flexibility index (Phi) is 6.61. The first-order valence-electron chi connectivity index (χ1n) is 9.43. The van der Waals surface area contributed by atoms with Gasteiger partial charge in [-0.25, -0.2) is 4.79 Å². The van der Waals surface area contributed by atoms with E-state index in [9.17, 15) is 24.8 Å². The average molecular weight is 461 g/mol. The van der Waals surface area contributed by atoms with Gasteiger partial charge in [0.15, 0.2) is 0 Å². The molecule has 1 atom stereocenters. The van der Waals surface area contributed by atoms with Crippen molar-refractivity contribution in [1.29, 1.82) is 0 Å². The van der Waals surface area contributed by atoms with Crippen LogP contribution >= 0.6 is 24.0 Å². The van der Waals surface area contributed by atoms with Gasteiger partial charge in [-0.05, 0) is 31.4 Å². The summed E-state index contributed by atoms with van der Waals surface area (Å²) in [6.45, 7) is 5.41. The number of furan rings is 1. The van der Waals surface area contributed by atoms with Crippen molar-refractivity contribution in [2.45, 2.75) is 33.2 Å². The van der Waals surface area contributed by atoms with E-state index in [0.29, 0.717) is 22.6 Å². The number of carboxylic acid groups (broad SMARTS) is 1. The standard InChI is InChI=1S/C21H20N2O6S2/c1-11(2)8-16(20(25)26)22-19(24)18(31-21(22)30)10-14-6-7-17(29-14)13-5-4-12(3)15(9-13)23(27)28/h4-7,9-11,16H,8H2,1-3H3,(H,25,26)/b18-10+/t16-/m1/s1. The summed E-state index contributed by atoms with van der Waals surface area (Å²) in [5.41, 5.74) is 1.06. The Morgan fingerprint density at radius 3 is 2.68 bits per heavy atom. The minimum absolute atomic E-state index is 0.0128. The van der Waals surface area contributed by atoms with E-state index in [1.54, 1.807) is 31.2 Å². The molecule has 31 heavy (non-hydrogen) atoms. The van der Waals surface area contributed by atoms with E-state index < -0.39 is 22.8 Å². The highest BCUT2D eigenvalue weighted by Crippen LogP contribution is 2.36. The molecular formula is C21H20N2O6S2. The van der Waals surface area contributed by atoms with Crippen LogP contribution in [-0.2, 0) is 9.59 Å². The number of rotatable bonds is 7. The van der Waals surface area contributed by atoms with E-state index in [1.165, 1.54) is 12.1 Å². The number of thiocarbonyl (C=S) groups is 1. The summed E-state index contributed by atoms with van der Waals surface area (Å²) in [6.07, 6.45) is 1.78. The summed E-state index contributed by atoms with van der Waals surface area (Å²) >= 11 is 6.28. The molecule has 0 radical (unpaired) electrons. The van der Waals surface area contributed by atoms with Crippen molar-refractivity contribution in [2.75, 3.05) is 0 Å². The molecule has 8 nitrogen and oxygen atoms in total. The fraction of sp³-hybridized carbons (Fsp3) is 0.286. The number of nitro groups is 1. The van der Waals surface area contributed by atoms with E-state index in [1.807, 2.05) is 13.8 Å². The van der Waals surface area contributed by atoms with Crippen molar-refractivity contribution >= 4 is 51.9 Å². The lowest BCUT2D eigenvalue weighted by molar-refractivity contribution is -0.385. The molecule has 3 rings (SSSR count). The summed E-state index contributed by atoms with van der Waals surface area (Å²) in [5, 5.41) is 20.7. The number of hydrogen-bond acceptors (Lipinski definition) is 7. The first-order chi connectivity index (χ1) is 14.6. The zero-order valence-electron chi connectivity index (χ0n) is 17.0. The largest absolute Gasteiger partial charge is 0.480 e. The number of nitro benzene ring substituents is 1. The van der Waals surface area contributed by atoms with Crippen LogP contribution in [0.3, 0.4) is 0 Å². The second-order valence-corrected chi connectivity index (χ2v) is 9.17. The lowest BCUT2D eigenvalue weighted by Gasteiger charge is -2.24. The molecule has 0 bridgehead atoms. The Balaban J connectivity index is 1.87. The van der Waals surface area contributed by atoms with Crippen molar-refractivity contribution in [3.05, 3.63) is 56.7 Å². The van der Waals surface area contributed by atoms with Crippen molar-refractivity contribution in [1.82, 2.24) is 4.90 Å². The highest BCUT2D eigenvalue weighted by molar-refractivity contribution is 8.26. The van der Waals surface area contributed by atoms with Crippen molar-refractivity contribution in [3.8, 4) is 11.3 Å². The number of hydrogen-bond donors (Lipinski definition) is 1. The monoisotopic (exact) mass is 460 g/mol. The smallest absolute Gasteiger partial charge is 0.326 e. The van der Waals surface area contributed by atoms with Crippen LogP contribution in [0, 0.1) is 23.0 Å². The van der Waals surface area contributed by atoms with Gasteiger partial charge in [-0.3, -0.25) is 19.8 Å². The number of aliphatic carboxylic acids is 1. The fourth-order valence-corrected chi connectivity index (χ4v) is 4.52. The SMILES string of the molecule is Cc1ccc(-c2ccc(/C=C3/SC(=S)N([C@H](CC(C)C)C(=O)O)C3=O)o2)cc1[N+](=O)[O-]. The Bertz CT molecular complexity index is 1110. The zero-order chi connectivity index (χ0) is 22.9. The molecule has 1 N–H and O–H groups in total. The lowest BCUT2D eigenvalue weighted by atomic mass is 10.0. The van der Waals surface area contributed by atoms with Crippen LogP contribution in [0.25, 0.3) is 17.4 Å². The molecule has 1 saturated heterocycles. The minimum atomic E-state index is -1.10. The fourth-order valence-electron chi connectivity index (χ4n) is 3.19. The minimum Gasteiger partial charge on any atom is -0.480 e. The van der Waals surface area contributed by atoms with E-state index >= 15 is 0 Å². The maximum absolute atomic E-state index is 12.9. The first kappa shape index (κ1) is 22.7. The Morgan fingerprint density at radius 2 is 2.06 bits per heavy atom. The summed E-state index contributed by atoms with van der Waals surface area (Å²) in [7, 11) is 0. The van der Waals surface area contributed by atoms with Crippen LogP contribution in [0.4, 0.5) is 5.69 Å². The van der Waals surface area contributed by atoms with E-state index in [0.717, 1.165) is 16.7 Å². The molecule has 0 aliphatic carbocycles. The number of nitrogens with zero attached hydrogens (tertiary/aromatic N) is 2. The summed E-state index contributed by atoms with van der Waals surface area (Å²) in [6, 6.07) is 7.05. The number of amides is 1. The molecule has 162 valence electrons. The maximum Gasteiger partial charge on any atom is 0.326 e. The predicted octanol–water partition coefficient (Wildman–Crippen LogP) is 4.86. The molecule has 10 heteroatoms. The predicted molar refractivity (Wildman–Crippen MR) is 121 cm³/mol. The van der Waals surface area contributed by atoms with Crippen LogP contribution in [0.1, 0.15) is 31.6 Å². The third-order valence-corrected chi connectivity index (χ3v) is 6.04. The number of carboxylic acids is 1. The highest BCUT2D eigenvalue weighted by Gasteiger charge is 2.40. The topological polar surface area (TPSA) is 114 Å². The first-order valence-corrected chi connectivity index (χ1v) is 10.7. The molecule has 0 spiro atoms. The molecule has 1 aliphatic heterocycles. The molecule has 2 aromatic rings. The summed E-state index contributed by atoms with van der Waals surface area (Å²) in [5.74, 6) is -0.747. The van der Waals surface area contributed by atoms with Gasteiger partial charge in [0.1, 0.15) is 21.9 Å². The van der Waals surface area contributed by atoms with Crippen LogP contribution in [0.2, 0.25) is 0 Å². The van der Waals surface area contributed by atoms with Gasteiger partial charge in [0.2, 0.25) is 0 Å². The van der Waals surface area contributed by atoms with Gasteiger partial charge in [-0.2, -0.15) is 0 Å². The van der Waals surface area contributed by atoms with Crippen molar-refractivity contribution in [3.63, 3.8) is 0 Å². The normalized spacial score (nSPS) is 16.4. The Hall–Kier alpha value is -2.98. The van der Waals surface area contributed by atoms with Gasteiger partial charge in [0, 0.05) is 23.3 Å². The average Bonchev–Trinajstić information content (AvgIpc) is 3.25. The molecule has 1 aromatic carbocycles. The molecule has 1 aliphatic rings. The van der Waals surface area contributed by atoms with Gasteiger partial charge in [-0.1, -0.05) is 50.0 Å². The number of benzene rings is 1. The number of carbonyl (C=O) groups excluding carboxylic acids is 1. The third-order valence-electron chi connectivity index (χ3n) is 4.71. The second-order valence-electron chi connectivity index (χ2n) is 7.50. The summed E-state index contributed by atoms with van der Waals surface area (Å²) < 4.78 is 5.94.